The fourth-order valence-electron chi connectivity index (χ4n) is 3.23. The molecule has 4 rings (SSSR count). The first-order valence-electron chi connectivity index (χ1n) is 9.10. The molecule has 2 amide bonds. The summed E-state index contributed by atoms with van der Waals surface area (Å²) < 4.78 is 7.68. The van der Waals surface area contributed by atoms with E-state index in [9.17, 15) is 14.4 Å². The number of nitrogens with zero attached hydrogens (tertiary/aromatic N) is 4. The maximum Gasteiger partial charge on any atom is 0.350 e. The molecule has 1 atom stereocenters. The molecule has 0 aliphatic carbocycles. The van der Waals surface area contributed by atoms with Gasteiger partial charge in [-0.3, -0.25) is 4.98 Å². The number of urea groups is 1. The number of amides is 2. The number of rotatable bonds is 5. The first kappa shape index (κ1) is 19.6. The van der Waals surface area contributed by atoms with Gasteiger partial charge in [-0.2, -0.15) is 0 Å². The molecule has 1 unspecified atom stereocenters. The summed E-state index contributed by atoms with van der Waals surface area (Å²) in [5.74, 6) is -0.613. The van der Waals surface area contributed by atoms with Gasteiger partial charge in [0.25, 0.3) is 0 Å². The second-order valence-corrected chi connectivity index (χ2v) is 6.88. The second kappa shape index (κ2) is 7.99. The quantitative estimate of drug-likeness (QED) is 0.593. The second-order valence-electron chi connectivity index (χ2n) is 6.44. The zero-order chi connectivity index (χ0) is 21.3. The summed E-state index contributed by atoms with van der Waals surface area (Å²) in [6.45, 7) is 1.70. The highest BCUT2D eigenvalue weighted by molar-refractivity contribution is 6.30. The van der Waals surface area contributed by atoms with Crippen LogP contribution in [0.1, 0.15) is 18.5 Å². The van der Waals surface area contributed by atoms with Crippen LogP contribution >= 0.6 is 11.6 Å². The molecule has 1 aromatic carbocycles. The third-order valence-corrected chi connectivity index (χ3v) is 4.80. The number of fused-ring (bicyclic) bond motifs is 1. The summed E-state index contributed by atoms with van der Waals surface area (Å²) in [6.07, 6.45) is 4.39. The van der Waals surface area contributed by atoms with Crippen molar-refractivity contribution in [1.82, 2.24) is 29.8 Å². The molecule has 3 heterocycles. The number of nitrogens with one attached hydrogen (secondary N) is 2. The van der Waals surface area contributed by atoms with E-state index in [4.69, 9.17) is 16.3 Å². The van der Waals surface area contributed by atoms with Crippen LogP contribution in [-0.4, -0.2) is 37.8 Å². The van der Waals surface area contributed by atoms with E-state index < -0.39 is 23.7 Å². The van der Waals surface area contributed by atoms with E-state index >= 15 is 0 Å². The monoisotopic (exact) mass is 428 g/mol. The average Bonchev–Trinajstić information content (AvgIpc) is 3.04. The van der Waals surface area contributed by atoms with Crippen molar-refractivity contribution in [2.45, 2.75) is 19.5 Å². The summed E-state index contributed by atoms with van der Waals surface area (Å²) in [5.41, 5.74) is 0.951. The number of aromatic nitrogens is 4. The highest BCUT2D eigenvalue weighted by atomic mass is 35.5. The summed E-state index contributed by atoms with van der Waals surface area (Å²) in [6, 6.07) is 5.44. The van der Waals surface area contributed by atoms with Gasteiger partial charge in [0.15, 0.2) is 5.65 Å². The maximum atomic E-state index is 12.8. The van der Waals surface area contributed by atoms with Crippen LogP contribution in [0.2, 0.25) is 5.02 Å². The van der Waals surface area contributed by atoms with Gasteiger partial charge < -0.3 is 15.4 Å². The third-order valence-electron chi connectivity index (χ3n) is 4.55. The number of allylic oxidation sites excluding steroid dienone is 1. The SMILES string of the molecule is CCOC(=O)C1=C(Cn2nc3cnccn3c2=O)NC(=O)NC1c1ccc(Cl)cc1. The van der Waals surface area contributed by atoms with Crippen LogP contribution < -0.4 is 16.3 Å². The molecule has 1 aliphatic heterocycles. The number of benzene rings is 1. The van der Waals surface area contributed by atoms with E-state index in [0.29, 0.717) is 16.2 Å². The van der Waals surface area contributed by atoms with Gasteiger partial charge in [-0.25, -0.2) is 23.5 Å². The van der Waals surface area contributed by atoms with Crippen LogP contribution in [0.4, 0.5) is 4.79 Å². The Bertz CT molecular complexity index is 1210. The molecule has 30 heavy (non-hydrogen) atoms. The first-order valence-corrected chi connectivity index (χ1v) is 9.48. The number of carbonyl (C=O) groups excluding carboxylic acids is 2. The van der Waals surface area contributed by atoms with Crippen molar-refractivity contribution in [3.8, 4) is 0 Å². The minimum Gasteiger partial charge on any atom is -0.463 e. The van der Waals surface area contributed by atoms with Crippen LogP contribution in [0, 0.1) is 0 Å². The molecule has 0 bridgehead atoms. The van der Waals surface area contributed by atoms with E-state index in [1.165, 1.54) is 23.0 Å². The Kier molecular flexibility index (Phi) is 5.23. The van der Waals surface area contributed by atoms with Gasteiger partial charge >= 0.3 is 17.7 Å². The van der Waals surface area contributed by atoms with E-state index in [1.54, 1.807) is 31.2 Å². The molecule has 10 nitrogen and oxygen atoms in total. The minimum absolute atomic E-state index is 0.133. The van der Waals surface area contributed by atoms with Crippen molar-refractivity contribution >= 4 is 29.2 Å². The molecule has 0 radical (unpaired) electrons. The van der Waals surface area contributed by atoms with E-state index in [1.807, 2.05) is 0 Å². The predicted octanol–water partition coefficient (Wildman–Crippen LogP) is 1.42. The van der Waals surface area contributed by atoms with Crippen molar-refractivity contribution in [2.24, 2.45) is 0 Å². The number of hydrogen-bond acceptors (Lipinski definition) is 6. The van der Waals surface area contributed by atoms with Crippen molar-refractivity contribution in [3.05, 3.63) is 75.2 Å². The van der Waals surface area contributed by atoms with Gasteiger partial charge in [0.2, 0.25) is 0 Å². The standard InChI is InChI=1S/C19H17ClN6O4/c1-2-30-17(27)15-13(10-26-19(29)25-8-7-21-9-14(25)24-26)22-18(28)23-16(15)11-3-5-12(20)6-4-11/h3-9,16H,2,10H2,1H3,(H2,22,23,28). The van der Waals surface area contributed by atoms with Gasteiger partial charge in [0.1, 0.15) is 0 Å². The number of carbonyl (C=O) groups is 2. The van der Waals surface area contributed by atoms with Crippen LogP contribution in [0.25, 0.3) is 5.65 Å². The highest BCUT2D eigenvalue weighted by Crippen LogP contribution is 2.29. The molecule has 0 saturated heterocycles. The fraction of sp³-hybridized carbons (Fsp3) is 0.211. The van der Waals surface area contributed by atoms with Gasteiger partial charge in [0, 0.05) is 17.4 Å². The van der Waals surface area contributed by atoms with E-state index in [-0.39, 0.29) is 24.4 Å². The van der Waals surface area contributed by atoms with Crippen LogP contribution in [-0.2, 0) is 16.1 Å². The zero-order valence-electron chi connectivity index (χ0n) is 15.8. The van der Waals surface area contributed by atoms with Crippen LogP contribution in [0.15, 0.2) is 58.9 Å². The Morgan fingerprint density at radius 1 is 1.27 bits per heavy atom. The van der Waals surface area contributed by atoms with E-state index in [0.717, 1.165) is 4.68 Å². The van der Waals surface area contributed by atoms with Crippen LogP contribution in [0.3, 0.4) is 0 Å². The lowest BCUT2D eigenvalue weighted by molar-refractivity contribution is -0.139. The molecule has 2 N–H and O–H groups in total. The first-order chi connectivity index (χ1) is 14.5. The van der Waals surface area contributed by atoms with Crippen molar-refractivity contribution in [1.29, 1.82) is 0 Å². The highest BCUT2D eigenvalue weighted by Gasteiger charge is 2.34. The van der Waals surface area contributed by atoms with Gasteiger partial charge in [-0.1, -0.05) is 23.7 Å². The Balaban J connectivity index is 1.82. The lowest BCUT2D eigenvalue weighted by Crippen LogP contribution is -2.47. The number of halogens is 1. The lowest BCUT2D eigenvalue weighted by atomic mass is 9.95. The Morgan fingerprint density at radius 3 is 2.73 bits per heavy atom. The van der Waals surface area contributed by atoms with Crippen molar-refractivity contribution in [2.75, 3.05) is 6.61 Å². The zero-order valence-corrected chi connectivity index (χ0v) is 16.6. The van der Waals surface area contributed by atoms with Crippen molar-refractivity contribution < 1.29 is 14.3 Å². The summed E-state index contributed by atoms with van der Waals surface area (Å²) in [5, 5.41) is 10.1. The molecule has 154 valence electrons. The number of esters is 1. The van der Waals surface area contributed by atoms with Gasteiger partial charge in [-0.15, -0.1) is 5.10 Å². The third kappa shape index (κ3) is 3.64. The maximum absolute atomic E-state index is 12.8. The summed E-state index contributed by atoms with van der Waals surface area (Å²) in [4.78, 5) is 41.7. The molecule has 1 aliphatic rings. The largest absolute Gasteiger partial charge is 0.463 e. The average molecular weight is 429 g/mol. The van der Waals surface area contributed by atoms with Gasteiger partial charge in [-0.05, 0) is 24.6 Å². The molecular formula is C19H17ClN6O4. The number of ether oxygens (including phenoxy) is 1. The van der Waals surface area contributed by atoms with Crippen LogP contribution in [0.5, 0.6) is 0 Å². The van der Waals surface area contributed by atoms with Crippen molar-refractivity contribution in [3.63, 3.8) is 0 Å². The molecule has 3 aromatic rings. The Hall–Kier alpha value is -3.66. The minimum atomic E-state index is -0.778. The molecule has 2 aromatic heterocycles. The smallest absolute Gasteiger partial charge is 0.350 e. The molecule has 11 heteroatoms. The Morgan fingerprint density at radius 2 is 2.03 bits per heavy atom. The fourth-order valence-corrected chi connectivity index (χ4v) is 3.36. The molecule has 0 fully saturated rings. The van der Waals surface area contributed by atoms with Gasteiger partial charge in [0.05, 0.1) is 36.7 Å². The molecular weight excluding hydrogens is 412 g/mol. The normalized spacial score (nSPS) is 16.3. The molecule has 0 saturated carbocycles. The topological polar surface area (TPSA) is 120 Å². The molecule has 0 spiro atoms. The summed E-state index contributed by atoms with van der Waals surface area (Å²) in [7, 11) is 0. The summed E-state index contributed by atoms with van der Waals surface area (Å²) >= 11 is 5.96. The predicted molar refractivity (Wildman–Crippen MR) is 107 cm³/mol. The van der Waals surface area contributed by atoms with E-state index in [2.05, 4.69) is 20.7 Å². The lowest BCUT2D eigenvalue weighted by Gasteiger charge is -2.29. The number of hydrogen-bond donors (Lipinski definition) is 2. The Labute approximate surface area is 175 Å².